The molecule has 0 aliphatic carbocycles. The summed E-state index contributed by atoms with van der Waals surface area (Å²) in [6, 6.07) is 1.32. The van der Waals surface area contributed by atoms with Crippen molar-refractivity contribution >= 4 is 34.2 Å². The van der Waals surface area contributed by atoms with Crippen LogP contribution in [0.3, 0.4) is 0 Å². The molecule has 0 aromatic carbocycles. The zero-order chi connectivity index (χ0) is 23.3. The average Bonchev–Trinajstić information content (AvgIpc) is 2.99. The van der Waals surface area contributed by atoms with Gasteiger partial charge in [-0.15, -0.1) is 11.3 Å². The van der Waals surface area contributed by atoms with Crippen LogP contribution in [-0.4, -0.2) is 35.6 Å². The molecule has 0 atom stereocenters. The summed E-state index contributed by atoms with van der Waals surface area (Å²) < 4.78 is 49.1. The molecule has 0 aliphatic heterocycles. The van der Waals surface area contributed by atoms with Crippen molar-refractivity contribution in [1.82, 2.24) is 4.57 Å². The standard InChI is InChI=1S/C19H19F3N2O6S/c1-4-29-17(27)14-10(3)15(18(28)30-5-2)31-16(14)23-12(25)9-24-8-11(19(20,21)22)6-7-13(24)26/h6-8H,4-5,9H2,1-3H3,(H,23,25). The van der Waals surface area contributed by atoms with Gasteiger partial charge in [-0.25, -0.2) is 9.59 Å². The molecule has 1 N–H and O–H groups in total. The van der Waals surface area contributed by atoms with Gasteiger partial charge in [-0.05, 0) is 32.4 Å². The lowest BCUT2D eigenvalue weighted by Crippen LogP contribution is -2.28. The Kier molecular flexibility index (Phi) is 7.60. The number of aromatic nitrogens is 1. The molecule has 2 aromatic heterocycles. The molecule has 0 saturated carbocycles. The van der Waals surface area contributed by atoms with Crippen molar-refractivity contribution < 1.29 is 37.0 Å². The highest BCUT2D eigenvalue weighted by molar-refractivity contribution is 7.18. The number of carbonyl (C=O) groups excluding carboxylic acids is 3. The number of halogens is 3. The summed E-state index contributed by atoms with van der Waals surface area (Å²) in [7, 11) is 0. The van der Waals surface area contributed by atoms with Gasteiger partial charge in [0.2, 0.25) is 5.91 Å². The summed E-state index contributed by atoms with van der Waals surface area (Å²) >= 11 is 0.764. The maximum absolute atomic E-state index is 12.9. The van der Waals surface area contributed by atoms with Gasteiger partial charge in [-0.2, -0.15) is 13.2 Å². The van der Waals surface area contributed by atoms with Gasteiger partial charge in [-0.3, -0.25) is 9.59 Å². The van der Waals surface area contributed by atoms with Crippen LogP contribution < -0.4 is 10.9 Å². The van der Waals surface area contributed by atoms with Crippen LogP contribution in [0.15, 0.2) is 23.1 Å². The number of pyridine rings is 1. The van der Waals surface area contributed by atoms with E-state index >= 15 is 0 Å². The van der Waals surface area contributed by atoms with Gasteiger partial charge in [0.1, 0.15) is 16.4 Å². The van der Waals surface area contributed by atoms with Gasteiger partial charge in [0, 0.05) is 12.3 Å². The van der Waals surface area contributed by atoms with E-state index in [1.807, 2.05) is 0 Å². The van der Waals surface area contributed by atoms with Crippen LogP contribution in [0.1, 0.15) is 45.0 Å². The minimum absolute atomic E-state index is 0.0376. The first-order valence-corrected chi connectivity index (χ1v) is 9.86. The molecule has 0 spiro atoms. The normalized spacial score (nSPS) is 11.2. The van der Waals surface area contributed by atoms with E-state index in [-0.39, 0.29) is 34.2 Å². The quantitative estimate of drug-likeness (QED) is 0.637. The molecule has 31 heavy (non-hydrogen) atoms. The average molecular weight is 460 g/mol. The number of anilines is 1. The topological polar surface area (TPSA) is 104 Å². The second kappa shape index (κ2) is 9.77. The molecule has 0 radical (unpaired) electrons. The highest BCUT2D eigenvalue weighted by Gasteiger charge is 2.31. The van der Waals surface area contributed by atoms with Crippen LogP contribution in [-0.2, 0) is 27.0 Å². The Morgan fingerprint density at radius 2 is 1.71 bits per heavy atom. The summed E-state index contributed by atoms with van der Waals surface area (Å²) in [6.07, 6.45) is -4.17. The number of carbonyl (C=O) groups is 3. The molecular formula is C19H19F3N2O6S. The molecule has 2 heterocycles. The Labute approximate surface area is 178 Å². The second-order valence-electron chi connectivity index (χ2n) is 6.13. The minimum Gasteiger partial charge on any atom is -0.462 e. The predicted octanol–water partition coefficient (Wildman–Crippen LogP) is 3.23. The molecule has 2 aromatic rings. The van der Waals surface area contributed by atoms with Crippen molar-refractivity contribution in [3.63, 3.8) is 0 Å². The monoisotopic (exact) mass is 460 g/mol. The molecule has 0 unspecified atom stereocenters. The largest absolute Gasteiger partial charge is 0.462 e. The maximum Gasteiger partial charge on any atom is 0.417 e. The van der Waals surface area contributed by atoms with Gasteiger partial charge < -0.3 is 19.4 Å². The molecule has 0 saturated heterocycles. The smallest absolute Gasteiger partial charge is 0.417 e. The first kappa shape index (κ1) is 24.1. The number of alkyl halides is 3. The molecule has 0 aliphatic rings. The van der Waals surface area contributed by atoms with E-state index in [0.29, 0.717) is 22.9 Å². The third kappa shape index (κ3) is 5.72. The summed E-state index contributed by atoms with van der Waals surface area (Å²) in [5.41, 5.74) is -1.75. The highest BCUT2D eigenvalue weighted by Crippen LogP contribution is 2.34. The summed E-state index contributed by atoms with van der Waals surface area (Å²) in [5, 5.41) is 2.33. The summed E-state index contributed by atoms with van der Waals surface area (Å²) in [5.74, 6) is -2.37. The van der Waals surface area contributed by atoms with Crippen LogP contribution in [0.25, 0.3) is 0 Å². The SMILES string of the molecule is CCOC(=O)c1sc(NC(=O)Cn2cc(C(F)(F)F)ccc2=O)c(C(=O)OCC)c1C. The number of hydrogen-bond acceptors (Lipinski definition) is 7. The summed E-state index contributed by atoms with van der Waals surface area (Å²) in [6.45, 7) is 4.03. The van der Waals surface area contributed by atoms with Crippen molar-refractivity contribution in [2.45, 2.75) is 33.5 Å². The number of amides is 1. The highest BCUT2D eigenvalue weighted by atomic mass is 32.1. The molecule has 0 bridgehead atoms. The van der Waals surface area contributed by atoms with Crippen LogP contribution in [0.4, 0.5) is 18.2 Å². The summed E-state index contributed by atoms with van der Waals surface area (Å²) in [4.78, 5) is 48.8. The zero-order valence-corrected chi connectivity index (χ0v) is 17.6. The first-order chi connectivity index (χ1) is 14.5. The van der Waals surface area contributed by atoms with E-state index in [4.69, 9.17) is 9.47 Å². The van der Waals surface area contributed by atoms with Crippen molar-refractivity contribution in [2.24, 2.45) is 0 Å². The van der Waals surface area contributed by atoms with E-state index in [1.165, 1.54) is 6.92 Å². The van der Waals surface area contributed by atoms with Gasteiger partial charge in [-0.1, -0.05) is 0 Å². The fourth-order valence-corrected chi connectivity index (χ4v) is 3.69. The number of esters is 2. The number of nitrogens with one attached hydrogen (secondary N) is 1. The molecule has 0 fully saturated rings. The number of thiophene rings is 1. The van der Waals surface area contributed by atoms with Crippen molar-refractivity contribution in [1.29, 1.82) is 0 Å². The lowest BCUT2D eigenvalue weighted by Gasteiger charge is -2.11. The van der Waals surface area contributed by atoms with E-state index in [0.717, 1.165) is 11.3 Å². The van der Waals surface area contributed by atoms with E-state index in [2.05, 4.69) is 5.32 Å². The molecule has 8 nitrogen and oxygen atoms in total. The van der Waals surface area contributed by atoms with Crippen LogP contribution >= 0.6 is 11.3 Å². The maximum atomic E-state index is 12.9. The van der Waals surface area contributed by atoms with E-state index in [1.54, 1.807) is 13.8 Å². The Morgan fingerprint density at radius 3 is 2.29 bits per heavy atom. The Hall–Kier alpha value is -3.15. The fraction of sp³-hybridized carbons (Fsp3) is 0.368. The number of hydrogen-bond donors (Lipinski definition) is 1. The van der Waals surface area contributed by atoms with E-state index < -0.39 is 41.7 Å². The van der Waals surface area contributed by atoms with Gasteiger partial charge in [0.05, 0.1) is 24.3 Å². The molecule has 2 rings (SSSR count). The van der Waals surface area contributed by atoms with Gasteiger partial charge >= 0.3 is 18.1 Å². The predicted molar refractivity (Wildman–Crippen MR) is 105 cm³/mol. The third-order valence-corrected chi connectivity index (χ3v) is 5.15. The lowest BCUT2D eigenvalue weighted by atomic mass is 10.1. The molecule has 168 valence electrons. The molecule has 1 amide bonds. The lowest BCUT2D eigenvalue weighted by molar-refractivity contribution is -0.138. The second-order valence-corrected chi connectivity index (χ2v) is 7.15. The number of ether oxygens (including phenoxy) is 2. The Balaban J connectivity index is 2.36. The van der Waals surface area contributed by atoms with Gasteiger partial charge in [0.25, 0.3) is 5.56 Å². The van der Waals surface area contributed by atoms with Crippen LogP contribution in [0.2, 0.25) is 0 Å². The van der Waals surface area contributed by atoms with Crippen LogP contribution in [0.5, 0.6) is 0 Å². The van der Waals surface area contributed by atoms with Gasteiger partial charge in [0.15, 0.2) is 0 Å². The number of nitrogens with zero attached hydrogens (tertiary/aromatic N) is 1. The zero-order valence-electron chi connectivity index (χ0n) is 16.8. The molecule has 12 heteroatoms. The van der Waals surface area contributed by atoms with Crippen LogP contribution in [0, 0.1) is 6.92 Å². The van der Waals surface area contributed by atoms with E-state index in [9.17, 15) is 32.3 Å². The minimum atomic E-state index is -4.69. The number of rotatable bonds is 7. The van der Waals surface area contributed by atoms with Crippen molar-refractivity contribution in [2.75, 3.05) is 18.5 Å². The molecular weight excluding hydrogens is 441 g/mol. The third-order valence-electron chi connectivity index (χ3n) is 3.96. The Morgan fingerprint density at radius 1 is 1.10 bits per heavy atom. The fourth-order valence-electron chi connectivity index (χ4n) is 2.59. The Bertz CT molecular complexity index is 1060. The van der Waals surface area contributed by atoms with Crippen molar-refractivity contribution in [3.8, 4) is 0 Å². The first-order valence-electron chi connectivity index (χ1n) is 9.04. The van der Waals surface area contributed by atoms with Crippen molar-refractivity contribution in [3.05, 3.63) is 50.3 Å².